The number of nitrogens with one attached hydrogen (secondary N) is 2. The lowest BCUT2D eigenvalue weighted by atomic mass is 10.0. The number of amides is 1. The van der Waals surface area contributed by atoms with Crippen LogP contribution in [-0.2, 0) is 17.6 Å². The summed E-state index contributed by atoms with van der Waals surface area (Å²) in [6.07, 6.45) is 1.51. The van der Waals surface area contributed by atoms with Gasteiger partial charge in [-0.05, 0) is 24.1 Å². The number of carbonyl (C=O) groups is 1. The van der Waals surface area contributed by atoms with Gasteiger partial charge in [0.1, 0.15) is 0 Å². The second-order valence-electron chi connectivity index (χ2n) is 3.80. The van der Waals surface area contributed by atoms with Gasteiger partial charge in [-0.2, -0.15) is 0 Å². The predicted octanol–water partition coefficient (Wildman–Crippen LogP) is 0.491. The molecule has 1 aliphatic heterocycles. The Morgan fingerprint density at radius 1 is 1.00 bits per heavy atom. The van der Waals surface area contributed by atoms with Crippen LogP contribution < -0.4 is 10.6 Å². The van der Waals surface area contributed by atoms with Crippen LogP contribution in [0, 0.1) is 0 Å². The molecule has 0 saturated heterocycles. The molecular formula is C12H16N2O. The summed E-state index contributed by atoms with van der Waals surface area (Å²) >= 11 is 0. The van der Waals surface area contributed by atoms with Gasteiger partial charge < -0.3 is 10.6 Å². The Kier molecular flexibility index (Phi) is 3.35. The Bertz CT molecular complexity index is 349. The summed E-state index contributed by atoms with van der Waals surface area (Å²) < 4.78 is 0. The van der Waals surface area contributed by atoms with Crippen molar-refractivity contribution >= 4 is 5.91 Å². The van der Waals surface area contributed by atoms with Crippen molar-refractivity contribution in [3.05, 3.63) is 35.4 Å². The number of rotatable bonds is 0. The molecule has 0 radical (unpaired) electrons. The first-order chi connectivity index (χ1) is 7.36. The first-order valence-corrected chi connectivity index (χ1v) is 5.40. The monoisotopic (exact) mass is 204 g/mol. The van der Waals surface area contributed by atoms with E-state index in [1.54, 1.807) is 0 Å². The van der Waals surface area contributed by atoms with Crippen molar-refractivity contribution in [1.29, 1.82) is 0 Å². The molecule has 0 atom stereocenters. The van der Waals surface area contributed by atoms with Crippen molar-refractivity contribution in [3.8, 4) is 0 Å². The maximum absolute atomic E-state index is 11.5. The summed E-state index contributed by atoms with van der Waals surface area (Å²) in [4.78, 5) is 11.5. The number of carbonyl (C=O) groups excluding carboxylic acids is 1. The average Bonchev–Trinajstić information content (AvgIpc) is 2.25. The van der Waals surface area contributed by atoms with Crippen LogP contribution in [0.1, 0.15) is 11.1 Å². The van der Waals surface area contributed by atoms with Crippen molar-refractivity contribution in [2.24, 2.45) is 0 Å². The summed E-state index contributed by atoms with van der Waals surface area (Å²) in [5, 5.41) is 6.19. The van der Waals surface area contributed by atoms with Crippen molar-refractivity contribution in [2.45, 2.75) is 12.8 Å². The van der Waals surface area contributed by atoms with Gasteiger partial charge in [0.15, 0.2) is 0 Å². The fraction of sp³-hybridized carbons (Fsp3) is 0.417. The van der Waals surface area contributed by atoms with Crippen LogP contribution in [0.3, 0.4) is 0 Å². The third-order valence-electron chi connectivity index (χ3n) is 2.66. The first-order valence-electron chi connectivity index (χ1n) is 5.40. The van der Waals surface area contributed by atoms with E-state index in [0.717, 1.165) is 31.6 Å². The molecule has 0 unspecified atom stereocenters. The molecule has 0 saturated carbocycles. The number of hydrogen-bond acceptors (Lipinski definition) is 2. The number of benzene rings is 1. The van der Waals surface area contributed by atoms with E-state index in [2.05, 4.69) is 16.7 Å². The van der Waals surface area contributed by atoms with Crippen LogP contribution in [-0.4, -0.2) is 25.5 Å². The van der Waals surface area contributed by atoms with Crippen LogP contribution in [0.5, 0.6) is 0 Å². The normalized spacial score (nSPS) is 17.7. The molecule has 0 aliphatic carbocycles. The van der Waals surface area contributed by atoms with Crippen LogP contribution in [0.4, 0.5) is 0 Å². The zero-order valence-corrected chi connectivity index (χ0v) is 8.75. The Morgan fingerprint density at radius 2 is 1.80 bits per heavy atom. The molecule has 1 aliphatic rings. The summed E-state index contributed by atoms with van der Waals surface area (Å²) in [7, 11) is 0. The van der Waals surface area contributed by atoms with E-state index < -0.39 is 0 Å². The van der Waals surface area contributed by atoms with Gasteiger partial charge in [0.05, 0.1) is 6.42 Å². The SMILES string of the molecule is O=C1Cc2ccccc2CCNCCN1. The lowest BCUT2D eigenvalue weighted by molar-refractivity contribution is -0.120. The summed E-state index contributed by atoms with van der Waals surface area (Å²) in [5.74, 6) is 0.117. The Labute approximate surface area is 89.9 Å². The Morgan fingerprint density at radius 3 is 2.67 bits per heavy atom. The molecule has 1 amide bonds. The summed E-state index contributed by atoms with van der Waals surface area (Å²) in [5.41, 5.74) is 2.43. The predicted molar refractivity (Wildman–Crippen MR) is 59.7 cm³/mol. The minimum atomic E-state index is 0.117. The topological polar surface area (TPSA) is 41.1 Å². The van der Waals surface area contributed by atoms with Gasteiger partial charge in [-0.25, -0.2) is 0 Å². The molecule has 0 fully saturated rings. The highest BCUT2D eigenvalue weighted by molar-refractivity contribution is 5.78. The molecule has 3 heteroatoms. The van der Waals surface area contributed by atoms with Gasteiger partial charge in [-0.15, -0.1) is 0 Å². The molecule has 80 valence electrons. The molecule has 0 aromatic heterocycles. The van der Waals surface area contributed by atoms with E-state index in [1.807, 2.05) is 18.2 Å². The molecule has 1 aromatic carbocycles. The van der Waals surface area contributed by atoms with E-state index in [0.29, 0.717) is 6.42 Å². The maximum atomic E-state index is 11.5. The molecule has 3 nitrogen and oxygen atoms in total. The second kappa shape index (κ2) is 4.94. The van der Waals surface area contributed by atoms with E-state index in [-0.39, 0.29) is 5.91 Å². The molecule has 2 N–H and O–H groups in total. The van der Waals surface area contributed by atoms with Gasteiger partial charge in [0.2, 0.25) is 5.91 Å². The first kappa shape index (κ1) is 10.2. The molecule has 1 heterocycles. The standard InChI is InChI=1S/C12H16N2O/c15-12-9-11-4-2-1-3-10(11)5-6-13-7-8-14-12/h1-4,13H,5-9H2,(H,14,15). The van der Waals surface area contributed by atoms with Gasteiger partial charge in [-0.3, -0.25) is 4.79 Å². The largest absolute Gasteiger partial charge is 0.355 e. The van der Waals surface area contributed by atoms with Crippen molar-refractivity contribution < 1.29 is 4.79 Å². The second-order valence-corrected chi connectivity index (χ2v) is 3.80. The Hall–Kier alpha value is -1.35. The lowest BCUT2D eigenvalue weighted by Gasteiger charge is -2.13. The van der Waals surface area contributed by atoms with E-state index in [9.17, 15) is 4.79 Å². The zero-order valence-electron chi connectivity index (χ0n) is 8.75. The molecule has 0 bridgehead atoms. The zero-order chi connectivity index (χ0) is 10.5. The molecule has 15 heavy (non-hydrogen) atoms. The quantitative estimate of drug-likeness (QED) is 0.646. The van der Waals surface area contributed by atoms with Crippen LogP contribution in [0.15, 0.2) is 24.3 Å². The smallest absolute Gasteiger partial charge is 0.224 e. The highest BCUT2D eigenvalue weighted by atomic mass is 16.1. The van der Waals surface area contributed by atoms with Crippen LogP contribution >= 0.6 is 0 Å². The average molecular weight is 204 g/mol. The fourth-order valence-corrected chi connectivity index (χ4v) is 1.85. The van der Waals surface area contributed by atoms with E-state index in [1.165, 1.54) is 5.56 Å². The minimum Gasteiger partial charge on any atom is -0.355 e. The van der Waals surface area contributed by atoms with E-state index >= 15 is 0 Å². The fourth-order valence-electron chi connectivity index (χ4n) is 1.85. The highest BCUT2D eigenvalue weighted by Crippen LogP contribution is 2.10. The highest BCUT2D eigenvalue weighted by Gasteiger charge is 2.08. The Balaban J connectivity index is 2.19. The van der Waals surface area contributed by atoms with Gasteiger partial charge in [0, 0.05) is 13.1 Å². The van der Waals surface area contributed by atoms with Crippen LogP contribution in [0.25, 0.3) is 0 Å². The molecule has 2 rings (SSSR count). The van der Waals surface area contributed by atoms with Crippen molar-refractivity contribution in [2.75, 3.05) is 19.6 Å². The molecular weight excluding hydrogens is 188 g/mol. The molecule has 1 aromatic rings. The molecule has 0 spiro atoms. The minimum absolute atomic E-state index is 0.117. The number of hydrogen-bond donors (Lipinski definition) is 2. The van der Waals surface area contributed by atoms with Gasteiger partial charge in [0.25, 0.3) is 0 Å². The van der Waals surface area contributed by atoms with Gasteiger partial charge >= 0.3 is 0 Å². The van der Waals surface area contributed by atoms with Gasteiger partial charge in [-0.1, -0.05) is 24.3 Å². The summed E-state index contributed by atoms with van der Waals surface area (Å²) in [6, 6.07) is 8.16. The third-order valence-corrected chi connectivity index (χ3v) is 2.66. The van der Waals surface area contributed by atoms with E-state index in [4.69, 9.17) is 0 Å². The summed E-state index contributed by atoms with van der Waals surface area (Å²) in [6.45, 7) is 2.56. The third kappa shape index (κ3) is 2.80. The lowest BCUT2D eigenvalue weighted by Crippen LogP contribution is -2.34. The van der Waals surface area contributed by atoms with Crippen molar-refractivity contribution in [1.82, 2.24) is 10.6 Å². The maximum Gasteiger partial charge on any atom is 0.224 e. The van der Waals surface area contributed by atoms with Crippen LogP contribution in [0.2, 0.25) is 0 Å². The van der Waals surface area contributed by atoms with Crippen molar-refractivity contribution in [3.63, 3.8) is 0 Å². The number of fused-ring (bicyclic) bond motifs is 1.